The van der Waals surface area contributed by atoms with Crippen LogP contribution in [0, 0.1) is 5.92 Å². The highest BCUT2D eigenvalue weighted by Gasteiger charge is 2.27. The maximum Gasteiger partial charge on any atom is 0.308 e. The van der Waals surface area contributed by atoms with E-state index >= 15 is 0 Å². The number of aromatic nitrogens is 2. The van der Waals surface area contributed by atoms with Crippen molar-refractivity contribution in [3.05, 3.63) is 12.4 Å². The number of nitrogens with two attached hydrogens (primary N) is 1. The molecule has 0 aromatic carbocycles. The van der Waals surface area contributed by atoms with Crippen LogP contribution in [0.2, 0.25) is 0 Å². The van der Waals surface area contributed by atoms with Gasteiger partial charge >= 0.3 is 5.97 Å². The lowest BCUT2D eigenvalue weighted by atomic mass is 9.86. The Bertz CT molecular complexity index is 367. The first-order valence-corrected chi connectivity index (χ1v) is 5.58. The molecule has 88 valence electrons. The normalized spacial score (nSPS) is 25.3. The highest BCUT2D eigenvalue weighted by atomic mass is 16.5. The average molecular weight is 223 g/mol. The Morgan fingerprint density at radius 3 is 2.69 bits per heavy atom. The fourth-order valence-electron chi connectivity index (χ4n) is 2.30. The van der Waals surface area contributed by atoms with Crippen molar-refractivity contribution in [2.45, 2.75) is 31.7 Å². The van der Waals surface area contributed by atoms with Gasteiger partial charge in [-0.1, -0.05) is 0 Å². The maximum absolute atomic E-state index is 11.3. The number of esters is 1. The molecule has 1 aliphatic rings. The van der Waals surface area contributed by atoms with Crippen LogP contribution in [0.4, 0.5) is 5.69 Å². The van der Waals surface area contributed by atoms with Gasteiger partial charge in [0.15, 0.2) is 0 Å². The van der Waals surface area contributed by atoms with Gasteiger partial charge in [0, 0.05) is 6.20 Å². The van der Waals surface area contributed by atoms with E-state index in [1.807, 2.05) is 10.9 Å². The van der Waals surface area contributed by atoms with E-state index in [1.54, 1.807) is 6.20 Å². The van der Waals surface area contributed by atoms with Crippen molar-refractivity contribution in [3.8, 4) is 0 Å². The fourth-order valence-corrected chi connectivity index (χ4v) is 2.30. The molecule has 0 spiro atoms. The van der Waals surface area contributed by atoms with Crippen molar-refractivity contribution >= 4 is 11.7 Å². The number of anilines is 1. The third-order valence-corrected chi connectivity index (χ3v) is 3.23. The number of hydrogen-bond acceptors (Lipinski definition) is 4. The number of hydrogen-bond donors (Lipinski definition) is 1. The minimum absolute atomic E-state index is 0.0640. The first-order chi connectivity index (χ1) is 7.70. The van der Waals surface area contributed by atoms with Gasteiger partial charge in [-0.2, -0.15) is 5.10 Å². The Morgan fingerprint density at radius 2 is 2.19 bits per heavy atom. The fraction of sp³-hybridized carbons (Fsp3) is 0.636. The van der Waals surface area contributed by atoms with Crippen LogP contribution in [0.3, 0.4) is 0 Å². The predicted molar refractivity (Wildman–Crippen MR) is 59.7 cm³/mol. The van der Waals surface area contributed by atoms with E-state index in [2.05, 4.69) is 5.10 Å². The molecule has 0 saturated heterocycles. The van der Waals surface area contributed by atoms with Gasteiger partial charge in [0.25, 0.3) is 0 Å². The first-order valence-electron chi connectivity index (χ1n) is 5.58. The molecular formula is C11H17N3O2. The summed E-state index contributed by atoms with van der Waals surface area (Å²) in [5.41, 5.74) is 6.31. The van der Waals surface area contributed by atoms with Crippen LogP contribution in [0.25, 0.3) is 0 Å². The predicted octanol–water partition coefficient (Wildman–Crippen LogP) is 1.37. The van der Waals surface area contributed by atoms with E-state index in [0.29, 0.717) is 11.7 Å². The Balaban J connectivity index is 1.92. The molecule has 1 aromatic heterocycles. The van der Waals surface area contributed by atoms with Crippen molar-refractivity contribution in [2.24, 2.45) is 5.92 Å². The zero-order chi connectivity index (χ0) is 11.5. The van der Waals surface area contributed by atoms with Crippen LogP contribution < -0.4 is 5.73 Å². The molecule has 0 atom stereocenters. The molecule has 0 aliphatic heterocycles. The van der Waals surface area contributed by atoms with Gasteiger partial charge in [-0.15, -0.1) is 0 Å². The topological polar surface area (TPSA) is 70.1 Å². The Hall–Kier alpha value is -1.52. The van der Waals surface area contributed by atoms with Gasteiger partial charge in [-0.3, -0.25) is 9.48 Å². The summed E-state index contributed by atoms with van der Waals surface area (Å²) in [5, 5.41) is 4.20. The molecule has 0 unspecified atom stereocenters. The zero-order valence-corrected chi connectivity index (χ0v) is 9.43. The minimum Gasteiger partial charge on any atom is -0.469 e. The molecule has 1 aromatic rings. The molecule has 1 heterocycles. The van der Waals surface area contributed by atoms with Gasteiger partial charge in [-0.25, -0.2) is 0 Å². The summed E-state index contributed by atoms with van der Waals surface area (Å²) in [6.45, 7) is 0. The monoisotopic (exact) mass is 223 g/mol. The number of ether oxygens (including phenoxy) is 1. The van der Waals surface area contributed by atoms with Crippen molar-refractivity contribution in [1.82, 2.24) is 9.78 Å². The van der Waals surface area contributed by atoms with Crippen LogP contribution in [-0.4, -0.2) is 22.9 Å². The zero-order valence-electron chi connectivity index (χ0n) is 9.43. The summed E-state index contributed by atoms with van der Waals surface area (Å²) < 4.78 is 6.66. The molecule has 0 bridgehead atoms. The molecule has 1 fully saturated rings. The number of methoxy groups -OCH3 is 1. The minimum atomic E-state index is -0.0848. The van der Waals surface area contributed by atoms with E-state index in [9.17, 15) is 4.79 Å². The smallest absolute Gasteiger partial charge is 0.308 e. The van der Waals surface area contributed by atoms with Gasteiger partial charge in [0.1, 0.15) is 0 Å². The number of nitrogens with zero attached hydrogens (tertiary/aromatic N) is 2. The van der Waals surface area contributed by atoms with E-state index < -0.39 is 0 Å². The maximum atomic E-state index is 11.3. The lowest BCUT2D eigenvalue weighted by Crippen LogP contribution is -2.24. The number of nitrogen functional groups attached to an aromatic ring is 1. The SMILES string of the molecule is COC(=O)[C@H]1CC[C@H](n2cc(N)cn2)CC1. The lowest BCUT2D eigenvalue weighted by molar-refractivity contribution is -0.146. The Kier molecular flexibility index (Phi) is 3.12. The van der Waals surface area contributed by atoms with E-state index in [1.165, 1.54) is 7.11 Å². The van der Waals surface area contributed by atoms with E-state index in [4.69, 9.17) is 10.5 Å². The Morgan fingerprint density at radius 1 is 1.50 bits per heavy atom. The van der Waals surface area contributed by atoms with Gasteiger partial charge in [0.2, 0.25) is 0 Å². The molecule has 5 nitrogen and oxygen atoms in total. The highest BCUT2D eigenvalue weighted by Crippen LogP contribution is 2.32. The summed E-state index contributed by atoms with van der Waals surface area (Å²) in [5.74, 6) is -0.0208. The standard InChI is InChI=1S/C11H17N3O2/c1-16-11(15)8-2-4-10(5-3-8)14-7-9(12)6-13-14/h6-8,10H,2-5,12H2,1H3/t8-,10-. The first kappa shape index (κ1) is 11.0. The molecule has 1 saturated carbocycles. The van der Waals surface area contributed by atoms with Crippen molar-refractivity contribution in [1.29, 1.82) is 0 Å². The van der Waals surface area contributed by atoms with E-state index in [0.717, 1.165) is 25.7 Å². The third kappa shape index (κ3) is 2.18. The largest absolute Gasteiger partial charge is 0.469 e. The number of rotatable bonds is 2. The molecule has 5 heteroatoms. The molecular weight excluding hydrogens is 206 g/mol. The van der Waals surface area contributed by atoms with Crippen LogP contribution in [0.1, 0.15) is 31.7 Å². The lowest BCUT2D eigenvalue weighted by Gasteiger charge is -2.26. The van der Waals surface area contributed by atoms with Crippen LogP contribution in [0.15, 0.2) is 12.4 Å². The van der Waals surface area contributed by atoms with Gasteiger partial charge in [0.05, 0.1) is 31.0 Å². The van der Waals surface area contributed by atoms with Gasteiger partial charge in [-0.05, 0) is 25.7 Å². The quantitative estimate of drug-likeness (QED) is 0.769. The summed E-state index contributed by atoms with van der Waals surface area (Å²) >= 11 is 0. The second-order valence-corrected chi connectivity index (χ2v) is 4.28. The third-order valence-electron chi connectivity index (χ3n) is 3.23. The van der Waals surface area contributed by atoms with Crippen molar-refractivity contribution in [2.75, 3.05) is 12.8 Å². The average Bonchev–Trinajstić information content (AvgIpc) is 2.75. The Labute approximate surface area is 94.6 Å². The van der Waals surface area contributed by atoms with Crippen molar-refractivity contribution < 1.29 is 9.53 Å². The van der Waals surface area contributed by atoms with E-state index in [-0.39, 0.29) is 11.9 Å². The highest BCUT2D eigenvalue weighted by molar-refractivity contribution is 5.72. The molecule has 0 amide bonds. The molecule has 2 N–H and O–H groups in total. The second-order valence-electron chi connectivity index (χ2n) is 4.28. The second kappa shape index (κ2) is 4.55. The molecule has 0 radical (unpaired) electrons. The van der Waals surface area contributed by atoms with Crippen LogP contribution in [0.5, 0.6) is 0 Å². The summed E-state index contributed by atoms with van der Waals surface area (Å²) in [6.07, 6.45) is 7.17. The molecule has 2 rings (SSSR count). The molecule has 16 heavy (non-hydrogen) atoms. The van der Waals surface area contributed by atoms with Crippen LogP contribution in [-0.2, 0) is 9.53 Å². The summed E-state index contributed by atoms with van der Waals surface area (Å²) in [7, 11) is 1.45. The number of carbonyl (C=O) groups excluding carboxylic acids is 1. The molecule has 1 aliphatic carbocycles. The summed E-state index contributed by atoms with van der Waals surface area (Å²) in [4.78, 5) is 11.3. The number of carbonyl (C=O) groups is 1. The van der Waals surface area contributed by atoms with Crippen molar-refractivity contribution in [3.63, 3.8) is 0 Å². The van der Waals surface area contributed by atoms with Gasteiger partial charge < -0.3 is 10.5 Å². The summed E-state index contributed by atoms with van der Waals surface area (Å²) in [6, 6.07) is 0.373. The van der Waals surface area contributed by atoms with Crippen LogP contribution >= 0.6 is 0 Å².